The number of aromatic nitrogens is 1. The van der Waals surface area contributed by atoms with Gasteiger partial charge in [-0.25, -0.2) is 10.4 Å². The van der Waals surface area contributed by atoms with Crippen LogP contribution in [0.1, 0.15) is 20.9 Å². The molecular weight excluding hydrogens is 276 g/mol. The Morgan fingerprint density at radius 2 is 2.15 bits per heavy atom. The summed E-state index contributed by atoms with van der Waals surface area (Å²) >= 11 is 1.14. The van der Waals surface area contributed by atoms with Gasteiger partial charge in [0.2, 0.25) is 0 Å². The van der Waals surface area contributed by atoms with Crippen molar-refractivity contribution in [1.29, 1.82) is 0 Å². The van der Waals surface area contributed by atoms with E-state index in [1.54, 1.807) is 20.2 Å². The Bertz CT molecular complexity index is 634. The van der Waals surface area contributed by atoms with Gasteiger partial charge in [-0.15, -0.1) is 0 Å². The Hall–Kier alpha value is -2.41. The summed E-state index contributed by atoms with van der Waals surface area (Å²) in [5.41, 5.74) is 9.44. The van der Waals surface area contributed by atoms with Crippen molar-refractivity contribution in [1.82, 2.24) is 10.4 Å². The van der Waals surface area contributed by atoms with E-state index in [1.165, 1.54) is 0 Å². The molecule has 3 N–H and O–H groups in total. The summed E-state index contributed by atoms with van der Waals surface area (Å²) < 4.78 is 5.05. The molecule has 0 aliphatic heterocycles. The van der Waals surface area contributed by atoms with Gasteiger partial charge in [-0.05, 0) is 36.8 Å². The Balaban J connectivity index is 1.98. The standard InChI is InChI=1S/C13H14N4O2S/c1-8-11(20-13(14)16-8)12(18)17-15-7-9-3-5-10(19-2)6-4-9/h3-7H,1-2H3,(H2,14,16)(H,17,18)/b15-7-. The number of benzene rings is 1. The van der Waals surface area contributed by atoms with Crippen LogP contribution < -0.4 is 15.9 Å². The molecule has 1 heterocycles. The second-order valence-corrected chi connectivity index (χ2v) is 4.97. The highest BCUT2D eigenvalue weighted by Crippen LogP contribution is 2.19. The second kappa shape index (κ2) is 6.16. The fourth-order valence-electron chi connectivity index (χ4n) is 1.53. The third-order valence-electron chi connectivity index (χ3n) is 2.51. The highest BCUT2D eigenvalue weighted by molar-refractivity contribution is 7.17. The molecule has 0 saturated heterocycles. The van der Waals surface area contributed by atoms with Crippen molar-refractivity contribution in [2.24, 2.45) is 5.10 Å². The zero-order chi connectivity index (χ0) is 14.5. The molecule has 1 amide bonds. The van der Waals surface area contributed by atoms with Crippen LogP contribution in [0, 0.1) is 6.92 Å². The van der Waals surface area contributed by atoms with Crippen LogP contribution in [0.15, 0.2) is 29.4 Å². The van der Waals surface area contributed by atoms with Crippen LogP contribution in [0.3, 0.4) is 0 Å². The molecule has 7 heteroatoms. The van der Waals surface area contributed by atoms with Crippen molar-refractivity contribution < 1.29 is 9.53 Å². The SMILES string of the molecule is COc1ccc(/C=N\NC(=O)c2sc(N)nc2C)cc1. The van der Waals surface area contributed by atoms with Crippen LogP contribution in [0.2, 0.25) is 0 Å². The number of rotatable bonds is 4. The number of anilines is 1. The van der Waals surface area contributed by atoms with Crippen molar-refractivity contribution in [3.63, 3.8) is 0 Å². The quantitative estimate of drug-likeness (QED) is 0.663. The molecule has 0 radical (unpaired) electrons. The van der Waals surface area contributed by atoms with Gasteiger partial charge in [-0.3, -0.25) is 4.79 Å². The van der Waals surface area contributed by atoms with Crippen LogP contribution in [-0.2, 0) is 0 Å². The molecule has 0 atom stereocenters. The Morgan fingerprint density at radius 3 is 2.70 bits per heavy atom. The van der Waals surface area contributed by atoms with E-state index in [0.717, 1.165) is 22.6 Å². The first-order valence-electron chi connectivity index (χ1n) is 5.80. The molecule has 2 aromatic rings. The number of nitrogens with one attached hydrogen (secondary N) is 1. The minimum atomic E-state index is -0.318. The molecule has 2 rings (SSSR count). The van der Waals surface area contributed by atoms with E-state index in [9.17, 15) is 4.79 Å². The van der Waals surface area contributed by atoms with Gasteiger partial charge in [0.05, 0.1) is 19.0 Å². The fourth-order valence-corrected chi connectivity index (χ4v) is 2.26. The molecule has 0 unspecified atom stereocenters. The van der Waals surface area contributed by atoms with E-state index in [1.807, 2.05) is 24.3 Å². The molecule has 20 heavy (non-hydrogen) atoms. The number of nitrogens with zero attached hydrogens (tertiary/aromatic N) is 2. The zero-order valence-electron chi connectivity index (χ0n) is 11.1. The Labute approximate surface area is 120 Å². The molecular formula is C13H14N4O2S. The predicted molar refractivity (Wildman–Crippen MR) is 79.3 cm³/mol. The van der Waals surface area contributed by atoms with Gasteiger partial charge in [-0.1, -0.05) is 11.3 Å². The maximum absolute atomic E-state index is 11.8. The van der Waals surface area contributed by atoms with E-state index in [2.05, 4.69) is 15.5 Å². The minimum absolute atomic E-state index is 0.318. The number of carbonyl (C=O) groups is 1. The lowest BCUT2D eigenvalue weighted by atomic mass is 10.2. The first kappa shape index (κ1) is 14.0. The molecule has 0 aliphatic carbocycles. The summed E-state index contributed by atoms with van der Waals surface area (Å²) in [6.45, 7) is 1.73. The summed E-state index contributed by atoms with van der Waals surface area (Å²) in [6, 6.07) is 7.31. The zero-order valence-corrected chi connectivity index (χ0v) is 11.9. The number of hydrazone groups is 1. The summed E-state index contributed by atoms with van der Waals surface area (Å²) in [4.78, 5) is 16.3. The van der Waals surface area contributed by atoms with E-state index >= 15 is 0 Å². The summed E-state index contributed by atoms with van der Waals surface area (Å²) in [6.07, 6.45) is 1.55. The molecule has 0 fully saturated rings. The van der Waals surface area contributed by atoms with E-state index in [-0.39, 0.29) is 5.91 Å². The number of aryl methyl sites for hydroxylation is 1. The van der Waals surface area contributed by atoms with Crippen molar-refractivity contribution >= 4 is 28.6 Å². The van der Waals surface area contributed by atoms with Crippen LogP contribution >= 0.6 is 11.3 Å². The lowest BCUT2D eigenvalue weighted by Gasteiger charge is -1.99. The Morgan fingerprint density at radius 1 is 1.45 bits per heavy atom. The van der Waals surface area contributed by atoms with Crippen molar-refractivity contribution in [3.05, 3.63) is 40.4 Å². The van der Waals surface area contributed by atoms with Gasteiger partial charge < -0.3 is 10.5 Å². The highest BCUT2D eigenvalue weighted by Gasteiger charge is 2.13. The number of nitrogen functional groups attached to an aromatic ring is 1. The lowest BCUT2D eigenvalue weighted by molar-refractivity contribution is 0.0958. The molecule has 0 aliphatic rings. The predicted octanol–water partition coefficient (Wildman–Crippen LogP) is 1.81. The summed E-state index contributed by atoms with van der Waals surface area (Å²) in [5, 5.41) is 4.26. The largest absolute Gasteiger partial charge is 0.497 e. The molecule has 0 saturated carbocycles. The molecule has 0 spiro atoms. The van der Waals surface area contributed by atoms with Gasteiger partial charge in [-0.2, -0.15) is 5.10 Å². The van der Waals surface area contributed by atoms with Gasteiger partial charge in [0, 0.05) is 0 Å². The monoisotopic (exact) mass is 290 g/mol. The number of thiazole rings is 1. The minimum Gasteiger partial charge on any atom is -0.497 e. The maximum Gasteiger partial charge on any atom is 0.283 e. The average Bonchev–Trinajstić information content (AvgIpc) is 2.78. The number of amides is 1. The van der Waals surface area contributed by atoms with Gasteiger partial charge >= 0.3 is 0 Å². The van der Waals surface area contributed by atoms with E-state index in [0.29, 0.717) is 15.7 Å². The molecule has 104 valence electrons. The Kier molecular flexibility index (Phi) is 4.31. The number of nitrogens with two attached hydrogens (primary N) is 1. The van der Waals surface area contributed by atoms with Crippen molar-refractivity contribution in [2.75, 3.05) is 12.8 Å². The van der Waals surface area contributed by atoms with Gasteiger partial charge in [0.25, 0.3) is 5.91 Å². The summed E-state index contributed by atoms with van der Waals surface area (Å²) in [7, 11) is 1.60. The molecule has 0 bridgehead atoms. The average molecular weight is 290 g/mol. The van der Waals surface area contributed by atoms with Gasteiger partial charge in [0.15, 0.2) is 5.13 Å². The molecule has 1 aromatic carbocycles. The third kappa shape index (κ3) is 3.33. The lowest BCUT2D eigenvalue weighted by Crippen LogP contribution is -2.17. The fraction of sp³-hybridized carbons (Fsp3) is 0.154. The van der Waals surface area contributed by atoms with Crippen LogP contribution in [-0.4, -0.2) is 24.2 Å². The smallest absolute Gasteiger partial charge is 0.283 e. The molecule has 6 nitrogen and oxygen atoms in total. The van der Waals surface area contributed by atoms with Crippen molar-refractivity contribution in [3.8, 4) is 5.75 Å². The number of carbonyl (C=O) groups excluding carboxylic acids is 1. The highest BCUT2D eigenvalue weighted by atomic mass is 32.1. The van der Waals surface area contributed by atoms with Gasteiger partial charge in [0.1, 0.15) is 10.6 Å². The number of methoxy groups -OCH3 is 1. The van der Waals surface area contributed by atoms with E-state index < -0.39 is 0 Å². The normalized spacial score (nSPS) is 10.7. The second-order valence-electron chi connectivity index (χ2n) is 3.94. The van der Waals surface area contributed by atoms with Crippen LogP contribution in [0.5, 0.6) is 5.75 Å². The number of ether oxygens (including phenoxy) is 1. The topological polar surface area (TPSA) is 89.6 Å². The van der Waals surface area contributed by atoms with Crippen molar-refractivity contribution in [2.45, 2.75) is 6.92 Å². The van der Waals surface area contributed by atoms with Crippen LogP contribution in [0.4, 0.5) is 5.13 Å². The third-order valence-corrected chi connectivity index (χ3v) is 3.50. The number of hydrogen-bond acceptors (Lipinski definition) is 6. The summed E-state index contributed by atoms with van der Waals surface area (Å²) in [5.74, 6) is 0.448. The maximum atomic E-state index is 11.8. The molecule has 1 aromatic heterocycles. The first-order chi connectivity index (χ1) is 9.60. The number of hydrogen-bond donors (Lipinski definition) is 2. The first-order valence-corrected chi connectivity index (χ1v) is 6.62. The van der Waals surface area contributed by atoms with E-state index in [4.69, 9.17) is 10.5 Å². The van der Waals surface area contributed by atoms with Crippen LogP contribution in [0.25, 0.3) is 0 Å².